The Hall–Kier alpha value is -6.59. The van der Waals surface area contributed by atoms with Gasteiger partial charge in [0.25, 0.3) is 5.91 Å². The van der Waals surface area contributed by atoms with Crippen molar-refractivity contribution in [1.29, 1.82) is 0 Å². The SMILES string of the molecule is CC(=O)O[C@H]1C(=O)[C@@]2(C)[C@H]([C@H](OC(=O)c3ccccc3)[C@]3(O)C[C@H](OC(=O)[C@H](OC(=O)CCC(=O)OCOC(=O)CCCCC4CCSS4)[C@@H](NC(=O)c4ccccc4)c4ccccc4)C(C)=C1C3(C)C)[C@]1(OC(C)=O)CO[C@@H]1C[C@@H]2O. The van der Waals surface area contributed by atoms with Gasteiger partial charge in [0.05, 0.1) is 42.4 Å². The predicted octanol–water partition coefficient (Wildman–Crippen LogP) is 6.82. The molecule has 2 heterocycles. The average molecular weight is 1170 g/mol. The lowest BCUT2D eigenvalue weighted by Crippen LogP contribution is -2.82. The summed E-state index contributed by atoms with van der Waals surface area (Å²) in [6, 6.07) is 22.1. The first-order valence-corrected chi connectivity index (χ1v) is 29.7. The summed E-state index contributed by atoms with van der Waals surface area (Å²) in [6.07, 6.45) is -8.84. The number of aliphatic hydroxyl groups excluding tert-OH is 1. The van der Waals surface area contributed by atoms with Gasteiger partial charge in [0.15, 0.2) is 17.5 Å². The van der Waals surface area contributed by atoms with Gasteiger partial charge in [-0.05, 0) is 74.1 Å². The van der Waals surface area contributed by atoms with E-state index in [9.17, 15) is 43.8 Å². The van der Waals surface area contributed by atoms with Crippen molar-refractivity contribution in [3.63, 3.8) is 0 Å². The number of esters is 7. The van der Waals surface area contributed by atoms with Crippen LogP contribution in [-0.4, -0.2) is 136 Å². The molecule has 3 aliphatic carbocycles. The summed E-state index contributed by atoms with van der Waals surface area (Å²) >= 11 is 0. The van der Waals surface area contributed by atoms with Crippen LogP contribution in [0.3, 0.4) is 0 Å². The number of fused-ring (bicyclic) bond motifs is 5. The second-order valence-electron chi connectivity index (χ2n) is 22.0. The van der Waals surface area contributed by atoms with Gasteiger partial charge in [0.2, 0.25) is 12.9 Å². The Morgan fingerprint density at radius 3 is 2.00 bits per heavy atom. The molecule has 440 valence electrons. The van der Waals surface area contributed by atoms with Gasteiger partial charge in [-0.2, -0.15) is 0 Å². The molecular weight excluding hydrogens is 1100 g/mol. The highest BCUT2D eigenvalue weighted by Gasteiger charge is 2.78. The molecule has 22 heteroatoms. The number of aliphatic hydroxyl groups is 2. The standard InChI is InChI=1S/C60H69NO19S2/c1-34-41(31-60(72)53(79-55(70)39-22-14-9-15-23-39)51-58(6,42(64)30-43-59(51,32-73-43)80-36(3)63)52(68)49(76-35(2)62)47(34)57(60,4)5)77-56(71)50(48(37-18-10-7-11-19-37)61-54(69)38-20-12-8-13-21-38)78-46(67)27-26-45(66)75-33-74-44(65)25-17-16-24-40-28-29-81-82-40/h7-15,18-23,40-43,48-51,53,64,72H,16-17,24-33H2,1-6H3,(H,61,69)/t40?,41-,42-,43+,48-,49+,50+,51-,53-,58+,59-,60+/m0/s1. The molecule has 5 aliphatic rings. The van der Waals surface area contributed by atoms with E-state index in [-0.39, 0.29) is 47.3 Å². The summed E-state index contributed by atoms with van der Waals surface area (Å²) in [5.41, 5.74) is -7.90. The van der Waals surface area contributed by atoms with Crippen molar-refractivity contribution in [2.45, 2.75) is 158 Å². The molecule has 0 aromatic heterocycles. The minimum atomic E-state index is -2.53. The Morgan fingerprint density at radius 1 is 0.780 bits per heavy atom. The summed E-state index contributed by atoms with van der Waals surface area (Å²) in [6.45, 7) is 6.99. The first kappa shape index (κ1) is 61.5. The van der Waals surface area contributed by atoms with Crippen LogP contribution in [0.25, 0.3) is 0 Å². The molecule has 12 atom stereocenters. The highest BCUT2D eigenvalue weighted by Crippen LogP contribution is 2.64. The van der Waals surface area contributed by atoms with Gasteiger partial charge < -0.3 is 53.4 Å². The van der Waals surface area contributed by atoms with Gasteiger partial charge in [-0.1, -0.05) is 109 Å². The summed E-state index contributed by atoms with van der Waals surface area (Å²) in [5.74, 6) is -8.89. The number of rotatable bonds is 21. The number of unbranched alkanes of at least 4 members (excludes halogenated alkanes) is 1. The lowest BCUT2D eigenvalue weighted by Gasteiger charge is -2.67. The molecule has 3 aromatic rings. The maximum absolute atomic E-state index is 15.8. The van der Waals surface area contributed by atoms with Crippen molar-refractivity contribution in [3.8, 4) is 0 Å². The quantitative estimate of drug-likeness (QED) is 0.0246. The monoisotopic (exact) mass is 1170 g/mol. The van der Waals surface area contributed by atoms with Crippen LogP contribution in [0.15, 0.2) is 102 Å². The minimum Gasteiger partial charge on any atom is -0.455 e. The molecule has 2 saturated heterocycles. The van der Waals surface area contributed by atoms with E-state index in [1.165, 1.54) is 52.0 Å². The van der Waals surface area contributed by atoms with Crippen LogP contribution < -0.4 is 5.32 Å². The van der Waals surface area contributed by atoms with Crippen LogP contribution in [0.2, 0.25) is 0 Å². The molecule has 0 radical (unpaired) electrons. The average Bonchev–Trinajstić information content (AvgIpc) is 0.769. The minimum absolute atomic E-state index is 0.0155. The zero-order valence-electron chi connectivity index (χ0n) is 46.5. The fourth-order valence-electron chi connectivity index (χ4n) is 12.2. The number of carbonyl (C=O) groups is 9. The van der Waals surface area contributed by atoms with Crippen LogP contribution >= 0.6 is 21.6 Å². The molecule has 3 N–H and O–H groups in total. The zero-order valence-corrected chi connectivity index (χ0v) is 48.1. The fourth-order valence-corrected chi connectivity index (χ4v) is 15.2. The van der Waals surface area contributed by atoms with Crippen LogP contribution in [0, 0.1) is 16.7 Å². The van der Waals surface area contributed by atoms with Crippen molar-refractivity contribution in [2.75, 3.05) is 19.2 Å². The van der Waals surface area contributed by atoms with Gasteiger partial charge in [-0.15, -0.1) is 0 Å². The van der Waals surface area contributed by atoms with E-state index in [0.717, 1.165) is 38.9 Å². The van der Waals surface area contributed by atoms with E-state index < -0.39 is 150 Å². The lowest BCUT2D eigenvalue weighted by molar-refractivity contribution is -0.346. The molecule has 3 aromatic carbocycles. The number of Topliss-reactive ketones (excluding diaryl/α,β-unsaturated/α-hetero) is 1. The second-order valence-corrected chi connectivity index (χ2v) is 24.8. The zero-order chi connectivity index (χ0) is 59.1. The van der Waals surface area contributed by atoms with E-state index in [4.69, 9.17) is 37.9 Å². The molecule has 0 spiro atoms. The Labute approximate surface area is 482 Å². The number of ether oxygens (including phenoxy) is 8. The number of nitrogens with one attached hydrogen (secondary N) is 1. The van der Waals surface area contributed by atoms with Crippen molar-refractivity contribution < 1.29 is 91.3 Å². The summed E-state index contributed by atoms with van der Waals surface area (Å²) in [7, 11) is 3.70. The van der Waals surface area contributed by atoms with Crippen LogP contribution in [0.1, 0.15) is 132 Å². The second kappa shape index (κ2) is 25.9. The van der Waals surface area contributed by atoms with E-state index >= 15 is 9.59 Å². The summed E-state index contributed by atoms with van der Waals surface area (Å²) < 4.78 is 47.0. The topological polar surface area (TPSA) is 280 Å². The molecule has 2 aliphatic heterocycles. The van der Waals surface area contributed by atoms with Crippen LogP contribution in [-0.2, 0) is 71.5 Å². The molecule has 1 unspecified atom stereocenters. The molecule has 2 saturated carbocycles. The Morgan fingerprint density at radius 2 is 1.40 bits per heavy atom. The first-order chi connectivity index (χ1) is 39.0. The first-order valence-electron chi connectivity index (χ1n) is 27.3. The maximum atomic E-state index is 15.8. The summed E-state index contributed by atoms with van der Waals surface area (Å²) in [4.78, 5) is 126. The van der Waals surface area contributed by atoms with Crippen molar-refractivity contribution in [2.24, 2.45) is 16.7 Å². The number of hydrogen-bond acceptors (Lipinski definition) is 21. The molecule has 8 rings (SSSR count). The van der Waals surface area contributed by atoms with Gasteiger partial charge in [0.1, 0.15) is 30.0 Å². The fraction of sp³-hybridized carbons (Fsp3) is 0.517. The molecule has 20 nitrogen and oxygen atoms in total. The van der Waals surface area contributed by atoms with Crippen molar-refractivity contribution >= 4 is 75.1 Å². The van der Waals surface area contributed by atoms with E-state index in [1.807, 2.05) is 21.6 Å². The third-order valence-corrected chi connectivity index (χ3v) is 19.6. The van der Waals surface area contributed by atoms with Gasteiger partial charge in [-0.25, -0.2) is 9.59 Å². The largest absolute Gasteiger partial charge is 0.455 e. The summed E-state index contributed by atoms with van der Waals surface area (Å²) in [5, 5.41) is 29.6. The van der Waals surface area contributed by atoms with Gasteiger partial charge in [0, 0.05) is 55.1 Å². The number of amides is 1. The number of ketones is 1. The number of hydrogen-bond donors (Lipinski definition) is 3. The molecule has 82 heavy (non-hydrogen) atoms. The Kier molecular flexibility index (Phi) is 19.4. The Balaban J connectivity index is 1.15. The maximum Gasteiger partial charge on any atom is 0.350 e. The van der Waals surface area contributed by atoms with Gasteiger partial charge >= 0.3 is 41.8 Å². The number of carbonyl (C=O) groups excluding carboxylic acids is 9. The normalized spacial score (nSPS) is 28.6. The van der Waals surface area contributed by atoms with Crippen LogP contribution in [0.4, 0.5) is 0 Å². The third-order valence-electron chi connectivity index (χ3n) is 16.6. The van der Waals surface area contributed by atoms with E-state index in [2.05, 4.69) is 5.32 Å². The molecule has 1 amide bonds. The molecule has 4 fully saturated rings. The molecule has 2 bridgehead atoms. The molecular formula is C60H69NO19S2. The van der Waals surface area contributed by atoms with E-state index in [1.54, 1.807) is 66.7 Å². The smallest absolute Gasteiger partial charge is 0.350 e. The van der Waals surface area contributed by atoms with Crippen LogP contribution in [0.5, 0.6) is 0 Å². The predicted molar refractivity (Wildman–Crippen MR) is 295 cm³/mol. The Bertz CT molecular complexity index is 2920. The van der Waals surface area contributed by atoms with Crippen molar-refractivity contribution in [3.05, 3.63) is 119 Å². The van der Waals surface area contributed by atoms with Crippen molar-refractivity contribution in [1.82, 2.24) is 5.32 Å². The highest BCUT2D eigenvalue weighted by molar-refractivity contribution is 8.77. The highest BCUT2D eigenvalue weighted by atomic mass is 33.1. The van der Waals surface area contributed by atoms with E-state index in [0.29, 0.717) is 11.7 Å². The lowest BCUT2D eigenvalue weighted by atomic mass is 9.44. The van der Waals surface area contributed by atoms with Gasteiger partial charge in [-0.3, -0.25) is 33.6 Å². The number of benzene rings is 3. The third kappa shape index (κ3) is 12.8.